The Labute approximate surface area is 127 Å². The highest BCUT2D eigenvalue weighted by Gasteiger charge is 2.17. The average molecular weight is 293 g/mol. The summed E-state index contributed by atoms with van der Waals surface area (Å²) in [4.78, 5) is 16.4. The highest BCUT2D eigenvalue weighted by molar-refractivity contribution is 5.95. The van der Waals surface area contributed by atoms with E-state index in [1.807, 2.05) is 41.1 Å². The molecule has 0 amide bonds. The summed E-state index contributed by atoms with van der Waals surface area (Å²) in [7, 11) is 0. The number of hydrogen-bond donors (Lipinski definition) is 0. The van der Waals surface area contributed by atoms with Gasteiger partial charge >= 0.3 is 0 Å². The molecule has 1 aromatic carbocycles. The van der Waals surface area contributed by atoms with E-state index < -0.39 is 0 Å². The molecule has 0 N–H and O–H groups in total. The number of carbonyl (C=O) groups is 1. The van der Waals surface area contributed by atoms with Gasteiger partial charge in [-0.05, 0) is 42.5 Å². The Bertz CT molecular complexity index is 786. The number of Topliss-reactive ketones (excluding diaryl/α,β-unsaturated/α-hetero) is 1. The highest BCUT2D eigenvalue weighted by Crippen LogP contribution is 2.13. The first kappa shape index (κ1) is 14.1. The largest absolute Gasteiger partial charge is 0.287 e. The van der Waals surface area contributed by atoms with Gasteiger partial charge < -0.3 is 0 Å². The first-order valence-electron chi connectivity index (χ1n) is 6.92. The van der Waals surface area contributed by atoms with E-state index in [1.165, 1.54) is 24.3 Å². The third-order valence-electron chi connectivity index (χ3n) is 3.40. The van der Waals surface area contributed by atoms with Crippen molar-refractivity contribution < 1.29 is 13.8 Å². The minimum atomic E-state index is -0.346. The Morgan fingerprint density at radius 2 is 1.73 bits per heavy atom. The van der Waals surface area contributed by atoms with E-state index in [2.05, 4.69) is 4.98 Å². The molecule has 0 radical (unpaired) electrons. The predicted molar refractivity (Wildman–Crippen MR) is 80.6 cm³/mol. The normalized spacial score (nSPS) is 10.4. The van der Waals surface area contributed by atoms with Gasteiger partial charge in [0.15, 0.2) is 6.20 Å². The number of hydrogen-bond acceptors (Lipinski definition) is 2. The van der Waals surface area contributed by atoms with Crippen LogP contribution >= 0.6 is 0 Å². The van der Waals surface area contributed by atoms with E-state index in [4.69, 9.17) is 0 Å². The topological polar surface area (TPSA) is 33.8 Å². The van der Waals surface area contributed by atoms with E-state index >= 15 is 0 Å². The summed E-state index contributed by atoms with van der Waals surface area (Å²) >= 11 is 0. The molecule has 0 aliphatic rings. The number of carbonyl (C=O) groups excluding carboxylic acids is 1. The third kappa shape index (κ3) is 3.06. The van der Waals surface area contributed by atoms with Gasteiger partial charge in [-0.15, -0.1) is 0 Å². The van der Waals surface area contributed by atoms with Gasteiger partial charge in [0.1, 0.15) is 5.82 Å². The van der Waals surface area contributed by atoms with Crippen molar-refractivity contribution in [1.82, 2.24) is 4.98 Å². The van der Waals surface area contributed by atoms with Gasteiger partial charge in [0, 0.05) is 35.7 Å². The van der Waals surface area contributed by atoms with E-state index in [9.17, 15) is 9.18 Å². The van der Waals surface area contributed by atoms with Crippen LogP contribution in [0.15, 0.2) is 73.2 Å². The lowest BCUT2D eigenvalue weighted by molar-refractivity contribution is -0.672. The van der Waals surface area contributed by atoms with Gasteiger partial charge in [-0.3, -0.25) is 9.78 Å². The summed E-state index contributed by atoms with van der Waals surface area (Å²) in [6.07, 6.45) is 5.29. The average Bonchev–Trinajstić information content (AvgIpc) is 2.57. The summed E-state index contributed by atoms with van der Waals surface area (Å²) in [6.45, 7) is 0.199. The molecule has 2 aromatic heterocycles. The molecule has 0 aliphatic heterocycles. The van der Waals surface area contributed by atoms with Crippen LogP contribution in [-0.2, 0) is 6.54 Å². The lowest BCUT2D eigenvalue weighted by atomic mass is 10.1. The lowest BCUT2D eigenvalue weighted by Gasteiger charge is -2.04. The van der Waals surface area contributed by atoms with E-state index in [0.29, 0.717) is 5.56 Å². The SMILES string of the molecule is O=C(C[n+]1ccccc1-c1ccncc1)c1ccc(F)cc1. The molecule has 22 heavy (non-hydrogen) atoms. The van der Waals surface area contributed by atoms with Gasteiger partial charge in [-0.25, -0.2) is 4.39 Å². The lowest BCUT2D eigenvalue weighted by Crippen LogP contribution is -2.39. The van der Waals surface area contributed by atoms with Crippen molar-refractivity contribution in [3.05, 3.63) is 84.6 Å². The molecule has 0 unspecified atom stereocenters. The van der Waals surface area contributed by atoms with Crippen LogP contribution in [0.3, 0.4) is 0 Å². The number of benzene rings is 1. The van der Waals surface area contributed by atoms with Crippen molar-refractivity contribution in [2.45, 2.75) is 6.54 Å². The summed E-state index contributed by atoms with van der Waals surface area (Å²) in [5.41, 5.74) is 2.42. The van der Waals surface area contributed by atoms with E-state index in [0.717, 1.165) is 11.3 Å². The number of aromatic nitrogens is 2. The Morgan fingerprint density at radius 3 is 2.45 bits per heavy atom. The Kier molecular flexibility index (Phi) is 4.01. The monoisotopic (exact) mass is 293 g/mol. The molecular weight excluding hydrogens is 279 g/mol. The smallest absolute Gasteiger partial charge is 0.227 e. The molecular formula is C18H14FN2O+. The van der Waals surface area contributed by atoms with Crippen LogP contribution in [0.1, 0.15) is 10.4 Å². The molecule has 0 aliphatic carbocycles. The van der Waals surface area contributed by atoms with Crippen molar-refractivity contribution in [1.29, 1.82) is 0 Å². The standard InChI is InChI=1S/C18H14FN2O/c19-16-6-4-15(5-7-16)18(22)13-21-12-2-1-3-17(21)14-8-10-20-11-9-14/h1-12H,13H2/q+1. The van der Waals surface area contributed by atoms with Crippen molar-refractivity contribution in [2.75, 3.05) is 0 Å². The fourth-order valence-corrected chi connectivity index (χ4v) is 2.28. The van der Waals surface area contributed by atoms with Crippen LogP contribution in [0, 0.1) is 5.82 Å². The fourth-order valence-electron chi connectivity index (χ4n) is 2.28. The second kappa shape index (κ2) is 6.26. The highest BCUT2D eigenvalue weighted by atomic mass is 19.1. The quantitative estimate of drug-likeness (QED) is 0.547. The zero-order chi connectivity index (χ0) is 15.4. The number of halogens is 1. The molecule has 0 spiro atoms. The van der Waals surface area contributed by atoms with E-state index in [1.54, 1.807) is 12.4 Å². The Hall–Kier alpha value is -2.88. The molecule has 0 saturated heterocycles. The molecule has 0 saturated carbocycles. The fraction of sp³-hybridized carbons (Fsp3) is 0.0556. The van der Waals surface area contributed by atoms with E-state index in [-0.39, 0.29) is 18.1 Å². The number of nitrogens with zero attached hydrogens (tertiary/aromatic N) is 2. The molecule has 3 rings (SSSR count). The van der Waals surface area contributed by atoms with Crippen molar-refractivity contribution in [2.24, 2.45) is 0 Å². The summed E-state index contributed by atoms with van der Waals surface area (Å²) in [5, 5.41) is 0. The van der Waals surface area contributed by atoms with Gasteiger partial charge in [0.05, 0.1) is 0 Å². The van der Waals surface area contributed by atoms with Crippen molar-refractivity contribution in [3.63, 3.8) is 0 Å². The molecule has 3 aromatic rings. The van der Waals surface area contributed by atoms with Gasteiger partial charge in [0.25, 0.3) is 0 Å². The number of rotatable bonds is 4. The second-order valence-corrected chi connectivity index (χ2v) is 4.88. The van der Waals surface area contributed by atoms with Crippen molar-refractivity contribution in [3.8, 4) is 11.3 Å². The van der Waals surface area contributed by atoms with Crippen molar-refractivity contribution >= 4 is 5.78 Å². The Balaban J connectivity index is 1.90. The molecule has 4 heteroatoms. The maximum atomic E-state index is 12.9. The van der Waals surface area contributed by atoms with Gasteiger partial charge in [-0.1, -0.05) is 0 Å². The maximum Gasteiger partial charge on any atom is 0.227 e. The first-order chi connectivity index (χ1) is 10.7. The summed E-state index contributed by atoms with van der Waals surface area (Å²) in [6, 6.07) is 15.2. The van der Waals surface area contributed by atoms with Gasteiger partial charge in [0.2, 0.25) is 18.0 Å². The first-order valence-corrected chi connectivity index (χ1v) is 6.92. The Morgan fingerprint density at radius 1 is 1.00 bits per heavy atom. The van der Waals surface area contributed by atoms with Crippen LogP contribution in [0.4, 0.5) is 4.39 Å². The van der Waals surface area contributed by atoms with Crippen LogP contribution < -0.4 is 4.57 Å². The zero-order valence-electron chi connectivity index (χ0n) is 11.8. The molecule has 108 valence electrons. The number of ketones is 1. The van der Waals surface area contributed by atoms with Crippen LogP contribution in [0.5, 0.6) is 0 Å². The molecule has 0 bridgehead atoms. The van der Waals surface area contributed by atoms with Crippen LogP contribution in [-0.4, -0.2) is 10.8 Å². The molecule has 2 heterocycles. The second-order valence-electron chi connectivity index (χ2n) is 4.88. The third-order valence-corrected chi connectivity index (χ3v) is 3.40. The maximum absolute atomic E-state index is 12.9. The summed E-state index contributed by atoms with van der Waals surface area (Å²) in [5.74, 6) is -0.409. The molecule has 3 nitrogen and oxygen atoms in total. The molecule has 0 atom stereocenters. The van der Waals surface area contributed by atoms with Crippen LogP contribution in [0.25, 0.3) is 11.3 Å². The van der Waals surface area contributed by atoms with Gasteiger partial charge in [-0.2, -0.15) is 4.57 Å². The van der Waals surface area contributed by atoms with Crippen LogP contribution in [0.2, 0.25) is 0 Å². The molecule has 0 fully saturated rings. The minimum Gasteiger partial charge on any atom is -0.287 e. The predicted octanol–water partition coefficient (Wildman–Crippen LogP) is 3.06. The zero-order valence-corrected chi connectivity index (χ0v) is 11.8. The number of pyridine rings is 2. The summed E-state index contributed by atoms with van der Waals surface area (Å²) < 4.78 is 14.8. The minimum absolute atomic E-state index is 0.0634.